The van der Waals surface area contributed by atoms with Gasteiger partial charge in [0.2, 0.25) is 5.88 Å². The Morgan fingerprint density at radius 3 is 2.45 bits per heavy atom. The van der Waals surface area contributed by atoms with Crippen LogP contribution < -0.4 is 10.1 Å². The summed E-state index contributed by atoms with van der Waals surface area (Å²) in [6, 6.07) is 5.58. The number of aliphatic imine (C=N–C) groups is 1. The lowest BCUT2D eigenvalue weighted by molar-refractivity contribution is -0.148. The Hall–Kier alpha value is -2.88. The quantitative estimate of drug-likeness (QED) is 0.359. The number of carboxylic acid groups (broad SMARTS) is 1. The maximum atomic E-state index is 14.4. The molecule has 0 spiro atoms. The third kappa shape index (κ3) is 6.55. The van der Waals surface area contributed by atoms with Gasteiger partial charge in [-0.25, -0.2) is 9.37 Å². The van der Waals surface area contributed by atoms with Crippen LogP contribution in [0.25, 0.3) is 11.1 Å². The molecule has 0 aliphatic rings. The zero-order chi connectivity index (χ0) is 23.4. The third-order valence-corrected chi connectivity index (χ3v) is 4.51. The van der Waals surface area contributed by atoms with Crippen molar-refractivity contribution in [2.75, 3.05) is 20.2 Å². The standard InChI is InChI=1S/C20H20ClF4N3O3/c1-19(2,18(29)30)10-31-17-15(22)7-12(8-27-17)11-4-5-13(14(21)6-11)16(26-3)28-9-20(23,24)25/h4-8H,9-10H2,1-3H3,(H,26,28)(H,29,30). The predicted molar refractivity (Wildman–Crippen MR) is 108 cm³/mol. The maximum Gasteiger partial charge on any atom is 0.405 e. The first-order valence-corrected chi connectivity index (χ1v) is 9.31. The van der Waals surface area contributed by atoms with Crippen molar-refractivity contribution in [2.24, 2.45) is 10.4 Å². The molecular formula is C20H20ClF4N3O3. The molecule has 11 heteroatoms. The fourth-order valence-corrected chi connectivity index (χ4v) is 2.64. The first-order chi connectivity index (χ1) is 14.3. The lowest BCUT2D eigenvalue weighted by Crippen LogP contribution is -2.34. The van der Waals surface area contributed by atoms with Crippen LogP contribution in [-0.2, 0) is 4.79 Å². The van der Waals surface area contributed by atoms with Gasteiger partial charge in [-0.1, -0.05) is 17.7 Å². The number of alkyl halides is 3. The number of benzene rings is 1. The van der Waals surface area contributed by atoms with E-state index in [0.29, 0.717) is 11.1 Å². The average Bonchev–Trinajstić information content (AvgIpc) is 2.67. The number of rotatable bonds is 7. The molecule has 0 saturated carbocycles. The van der Waals surface area contributed by atoms with E-state index < -0.39 is 29.9 Å². The second kappa shape index (κ2) is 9.51. The van der Waals surface area contributed by atoms with E-state index in [-0.39, 0.29) is 28.9 Å². The van der Waals surface area contributed by atoms with Crippen molar-refractivity contribution in [3.63, 3.8) is 0 Å². The molecule has 0 bridgehead atoms. The average molecular weight is 462 g/mol. The highest BCUT2D eigenvalue weighted by Gasteiger charge is 2.29. The number of aliphatic carboxylic acids is 1. The molecule has 0 fully saturated rings. The van der Waals surface area contributed by atoms with Crippen molar-refractivity contribution in [1.82, 2.24) is 10.3 Å². The van der Waals surface area contributed by atoms with Gasteiger partial charge in [-0.3, -0.25) is 9.79 Å². The number of nitrogens with zero attached hydrogens (tertiary/aromatic N) is 2. The number of ether oxygens (including phenoxy) is 1. The number of hydrogen-bond acceptors (Lipinski definition) is 4. The van der Waals surface area contributed by atoms with Crippen molar-refractivity contribution in [1.29, 1.82) is 0 Å². The van der Waals surface area contributed by atoms with E-state index in [1.165, 1.54) is 45.3 Å². The van der Waals surface area contributed by atoms with Crippen molar-refractivity contribution in [3.8, 4) is 17.0 Å². The summed E-state index contributed by atoms with van der Waals surface area (Å²) in [4.78, 5) is 18.8. The number of halogens is 5. The highest BCUT2D eigenvalue weighted by Crippen LogP contribution is 2.29. The largest absolute Gasteiger partial charge is 0.481 e. The fourth-order valence-electron chi connectivity index (χ4n) is 2.37. The smallest absolute Gasteiger partial charge is 0.405 e. The lowest BCUT2D eigenvalue weighted by Gasteiger charge is -2.19. The molecule has 0 unspecified atom stereocenters. The molecule has 0 atom stereocenters. The van der Waals surface area contributed by atoms with Gasteiger partial charge in [0.05, 0.1) is 10.4 Å². The molecule has 1 aromatic carbocycles. The number of carbonyl (C=O) groups is 1. The molecular weight excluding hydrogens is 442 g/mol. The van der Waals surface area contributed by atoms with Crippen LogP contribution in [0.3, 0.4) is 0 Å². The summed E-state index contributed by atoms with van der Waals surface area (Å²) in [6.45, 7) is 1.31. The van der Waals surface area contributed by atoms with Crippen LogP contribution >= 0.6 is 11.6 Å². The number of carboxylic acids is 1. The Morgan fingerprint density at radius 1 is 1.26 bits per heavy atom. The molecule has 1 heterocycles. The van der Waals surface area contributed by atoms with Crippen molar-refractivity contribution in [2.45, 2.75) is 20.0 Å². The topological polar surface area (TPSA) is 83.8 Å². The van der Waals surface area contributed by atoms with Crippen LogP contribution in [-0.4, -0.2) is 48.3 Å². The lowest BCUT2D eigenvalue weighted by atomic mass is 9.95. The van der Waals surface area contributed by atoms with Crippen LogP contribution in [0.4, 0.5) is 17.6 Å². The zero-order valence-corrected chi connectivity index (χ0v) is 17.6. The van der Waals surface area contributed by atoms with Gasteiger partial charge in [-0.05, 0) is 37.6 Å². The van der Waals surface area contributed by atoms with Gasteiger partial charge in [0.15, 0.2) is 5.82 Å². The van der Waals surface area contributed by atoms with Gasteiger partial charge in [0.25, 0.3) is 0 Å². The second-order valence-electron chi connectivity index (χ2n) is 7.22. The van der Waals surface area contributed by atoms with Crippen LogP contribution in [0, 0.1) is 11.2 Å². The van der Waals surface area contributed by atoms with Gasteiger partial charge in [0, 0.05) is 24.4 Å². The van der Waals surface area contributed by atoms with Crippen molar-refractivity contribution < 1.29 is 32.2 Å². The van der Waals surface area contributed by atoms with E-state index in [9.17, 15) is 22.4 Å². The molecule has 6 nitrogen and oxygen atoms in total. The summed E-state index contributed by atoms with van der Waals surface area (Å²) < 4.78 is 56.9. The number of aromatic nitrogens is 1. The molecule has 0 aliphatic carbocycles. The van der Waals surface area contributed by atoms with Gasteiger partial charge in [-0.15, -0.1) is 0 Å². The van der Waals surface area contributed by atoms with Crippen molar-refractivity contribution in [3.05, 3.63) is 46.9 Å². The molecule has 0 amide bonds. The molecule has 2 aromatic rings. The monoisotopic (exact) mass is 461 g/mol. The summed E-state index contributed by atoms with van der Waals surface area (Å²) in [5.74, 6) is -2.29. The summed E-state index contributed by atoms with van der Waals surface area (Å²) in [7, 11) is 1.33. The molecule has 0 aliphatic heterocycles. The highest BCUT2D eigenvalue weighted by molar-refractivity contribution is 6.34. The van der Waals surface area contributed by atoms with Crippen LogP contribution in [0.15, 0.2) is 35.5 Å². The third-order valence-electron chi connectivity index (χ3n) is 4.19. The van der Waals surface area contributed by atoms with Gasteiger partial charge < -0.3 is 15.2 Å². The van der Waals surface area contributed by atoms with E-state index >= 15 is 0 Å². The normalized spacial score (nSPS) is 12.6. The SMILES string of the molecule is CN=C(NCC(F)(F)F)c1ccc(-c2cnc(OCC(C)(C)C(=O)O)c(F)c2)cc1Cl. The Bertz CT molecular complexity index is 994. The van der Waals surface area contributed by atoms with Gasteiger partial charge >= 0.3 is 12.1 Å². The maximum absolute atomic E-state index is 14.4. The van der Waals surface area contributed by atoms with Crippen LogP contribution in [0.1, 0.15) is 19.4 Å². The van der Waals surface area contributed by atoms with Gasteiger partial charge in [0.1, 0.15) is 19.0 Å². The molecule has 0 saturated heterocycles. The molecule has 2 N–H and O–H groups in total. The molecule has 168 valence electrons. The summed E-state index contributed by atoms with van der Waals surface area (Å²) in [5, 5.41) is 11.4. The van der Waals surface area contributed by atoms with E-state index in [4.69, 9.17) is 21.4 Å². The number of nitrogens with one attached hydrogen (secondary N) is 1. The summed E-state index contributed by atoms with van der Waals surface area (Å²) >= 11 is 6.21. The first-order valence-electron chi connectivity index (χ1n) is 8.93. The first kappa shape index (κ1) is 24.4. The highest BCUT2D eigenvalue weighted by atomic mass is 35.5. The minimum absolute atomic E-state index is 0.0389. The summed E-state index contributed by atoms with van der Waals surface area (Å²) in [6.07, 6.45) is -3.11. The predicted octanol–water partition coefficient (Wildman–Crippen LogP) is 4.56. The summed E-state index contributed by atoms with van der Waals surface area (Å²) in [5.41, 5.74) is -0.172. The molecule has 2 rings (SSSR count). The van der Waals surface area contributed by atoms with E-state index in [0.717, 1.165) is 6.07 Å². The minimum atomic E-state index is -4.42. The number of amidine groups is 1. The van der Waals surface area contributed by atoms with E-state index in [1.54, 1.807) is 0 Å². The van der Waals surface area contributed by atoms with Gasteiger partial charge in [-0.2, -0.15) is 13.2 Å². The Labute approximate surface area is 180 Å². The Kier molecular flexibility index (Phi) is 7.48. The molecule has 1 aromatic heterocycles. The minimum Gasteiger partial charge on any atom is -0.481 e. The van der Waals surface area contributed by atoms with Crippen LogP contribution in [0.2, 0.25) is 5.02 Å². The van der Waals surface area contributed by atoms with Crippen molar-refractivity contribution >= 4 is 23.4 Å². The Balaban J connectivity index is 2.21. The molecule has 0 radical (unpaired) electrons. The Morgan fingerprint density at radius 2 is 1.94 bits per heavy atom. The second-order valence-corrected chi connectivity index (χ2v) is 7.63. The zero-order valence-electron chi connectivity index (χ0n) is 16.8. The van der Waals surface area contributed by atoms with Crippen LogP contribution in [0.5, 0.6) is 5.88 Å². The molecule has 31 heavy (non-hydrogen) atoms. The van der Waals surface area contributed by atoms with E-state index in [1.807, 2.05) is 0 Å². The van der Waals surface area contributed by atoms with E-state index in [2.05, 4.69) is 15.3 Å². The number of pyridine rings is 1. The number of hydrogen-bond donors (Lipinski definition) is 2. The fraction of sp³-hybridized carbons (Fsp3) is 0.350.